The fraction of sp³-hybridized carbons (Fsp3) is 0.143. The summed E-state index contributed by atoms with van der Waals surface area (Å²) in [6, 6.07) is 15.1. The monoisotopic (exact) mass is 363 g/mol. The number of nitrogens with zero attached hydrogens (tertiary/aromatic N) is 3. The Kier molecular flexibility index (Phi) is 4.47. The van der Waals surface area contributed by atoms with Gasteiger partial charge in [0.05, 0.1) is 11.2 Å². The van der Waals surface area contributed by atoms with E-state index in [9.17, 15) is 4.39 Å². The lowest BCUT2D eigenvalue weighted by molar-refractivity contribution is 0.627. The normalized spacial score (nSPS) is 11.2. The van der Waals surface area contributed by atoms with E-state index in [-0.39, 0.29) is 5.82 Å². The lowest BCUT2D eigenvalue weighted by Gasteiger charge is -2.03. The van der Waals surface area contributed by atoms with E-state index in [4.69, 9.17) is 5.10 Å². The van der Waals surface area contributed by atoms with Crippen LogP contribution in [0.25, 0.3) is 16.8 Å². The van der Waals surface area contributed by atoms with E-state index >= 15 is 0 Å². The molecule has 0 radical (unpaired) electrons. The van der Waals surface area contributed by atoms with Gasteiger partial charge in [0.25, 0.3) is 0 Å². The number of benzene rings is 2. The van der Waals surface area contributed by atoms with E-state index in [1.54, 1.807) is 30.1 Å². The Labute approximate surface area is 155 Å². The van der Waals surface area contributed by atoms with Gasteiger partial charge in [-0.25, -0.2) is 13.9 Å². The van der Waals surface area contributed by atoms with Gasteiger partial charge < -0.3 is 0 Å². The Morgan fingerprint density at radius 1 is 1.04 bits per heavy atom. The number of hydrogen-bond donors (Lipinski definition) is 0. The Bertz CT molecular complexity index is 1070. The van der Waals surface area contributed by atoms with Gasteiger partial charge in [0.15, 0.2) is 0 Å². The molecule has 2 aromatic heterocycles. The van der Waals surface area contributed by atoms with Crippen LogP contribution in [0.4, 0.5) is 4.39 Å². The molecule has 0 atom stereocenters. The molecule has 5 heteroatoms. The molecule has 0 fully saturated rings. The maximum absolute atomic E-state index is 13.1. The molecule has 2 heterocycles. The third-order valence-electron chi connectivity index (χ3n) is 4.31. The van der Waals surface area contributed by atoms with E-state index in [1.165, 1.54) is 23.3 Å². The number of fused-ring (bicyclic) bond motifs is 1. The molecule has 0 N–H and O–H groups in total. The van der Waals surface area contributed by atoms with Crippen LogP contribution in [-0.2, 0) is 5.75 Å². The molecular formula is C21H18FN3S. The molecule has 0 bridgehead atoms. The van der Waals surface area contributed by atoms with Gasteiger partial charge in [-0.05, 0) is 49.2 Å². The summed E-state index contributed by atoms with van der Waals surface area (Å²) in [4.78, 5) is 4.51. The van der Waals surface area contributed by atoms with Crippen LogP contribution in [-0.4, -0.2) is 14.6 Å². The van der Waals surface area contributed by atoms with Crippen LogP contribution in [0.5, 0.6) is 0 Å². The van der Waals surface area contributed by atoms with Crippen molar-refractivity contribution >= 4 is 17.3 Å². The van der Waals surface area contributed by atoms with Crippen LogP contribution in [0.15, 0.2) is 66.0 Å². The zero-order valence-corrected chi connectivity index (χ0v) is 15.4. The van der Waals surface area contributed by atoms with E-state index in [2.05, 4.69) is 43.1 Å². The first-order valence-corrected chi connectivity index (χ1v) is 9.38. The van der Waals surface area contributed by atoms with E-state index in [0.717, 1.165) is 33.1 Å². The molecule has 0 amide bonds. The average Bonchev–Trinajstić information content (AvgIpc) is 3.08. The number of halogens is 1. The highest BCUT2D eigenvalue weighted by Crippen LogP contribution is 2.29. The predicted molar refractivity (Wildman–Crippen MR) is 104 cm³/mol. The Morgan fingerprint density at radius 3 is 2.65 bits per heavy atom. The largest absolute Gasteiger partial charge is 0.246 e. The third-order valence-corrected chi connectivity index (χ3v) is 5.38. The molecule has 0 spiro atoms. The topological polar surface area (TPSA) is 30.2 Å². The predicted octanol–water partition coefficient (Wildman–Crippen LogP) is 5.44. The molecule has 2 aromatic carbocycles. The van der Waals surface area contributed by atoms with E-state index < -0.39 is 0 Å². The van der Waals surface area contributed by atoms with Crippen LogP contribution < -0.4 is 0 Å². The minimum Gasteiger partial charge on any atom is -0.246 e. The summed E-state index contributed by atoms with van der Waals surface area (Å²) in [6.45, 7) is 4.19. The highest BCUT2D eigenvalue weighted by Gasteiger charge is 2.11. The fourth-order valence-corrected chi connectivity index (χ4v) is 3.82. The number of hydrogen-bond acceptors (Lipinski definition) is 3. The first-order chi connectivity index (χ1) is 12.6. The zero-order chi connectivity index (χ0) is 18.1. The average molecular weight is 363 g/mol. The maximum Gasteiger partial charge on any atom is 0.123 e. The summed E-state index contributed by atoms with van der Waals surface area (Å²) in [6.07, 6.45) is 3.63. The Hall–Kier alpha value is -2.66. The van der Waals surface area contributed by atoms with Gasteiger partial charge in [-0.3, -0.25) is 0 Å². The molecule has 130 valence electrons. The first kappa shape index (κ1) is 16.8. The molecule has 0 aliphatic rings. The van der Waals surface area contributed by atoms with Crippen molar-refractivity contribution in [3.05, 3.63) is 83.4 Å². The lowest BCUT2D eigenvalue weighted by atomic mass is 10.0. The van der Waals surface area contributed by atoms with Gasteiger partial charge in [0, 0.05) is 23.7 Å². The molecule has 0 unspecified atom stereocenters. The summed E-state index contributed by atoms with van der Waals surface area (Å²) in [5, 5.41) is 5.64. The molecule has 0 saturated carbocycles. The summed E-state index contributed by atoms with van der Waals surface area (Å²) in [5.74, 6) is 0.518. The van der Waals surface area contributed by atoms with Crippen LogP contribution in [0.2, 0.25) is 0 Å². The van der Waals surface area contributed by atoms with Gasteiger partial charge in [0.2, 0.25) is 0 Å². The van der Waals surface area contributed by atoms with Crippen molar-refractivity contribution in [2.75, 3.05) is 0 Å². The molecule has 0 aliphatic heterocycles. The standard InChI is InChI=1S/C21H18FN3S/c1-14-3-4-15(2)18(11-14)19-12-20-21(23-9-10-25(20)24-19)26-13-16-5-7-17(22)8-6-16/h3-12H,13H2,1-2H3. The van der Waals surface area contributed by atoms with Gasteiger partial charge in [-0.2, -0.15) is 5.10 Å². The summed E-state index contributed by atoms with van der Waals surface area (Å²) in [5.41, 5.74) is 6.55. The molecule has 4 rings (SSSR count). The second kappa shape index (κ2) is 6.92. The molecule has 4 aromatic rings. The van der Waals surface area contributed by atoms with Crippen LogP contribution in [0, 0.1) is 19.7 Å². The fourth-order valence-electron chi connectivity index (χ4n) is 2.89. The second-order valence-corrected chi connectivity index (χ2v) is 7.29. The minimum absolute atomic E-state index is 0.215. The number of aryl methyl sites for hydroxylation is 2. The second-order valence-electron chi connectivity index (χ2n) is 6.33. The SMILES string of the molecule is Cc1ccc(C)c(-c2cc3c(SCc4ccc(F)cc4)nccn3n2)c1. The summed E-state index contributed by atoms with van der Waals surface area (Å²) < 4.78 is 14.9. The number of rotatable bonds is 4. The highest BCUT2D eigenvalue weighted by atomic mass is 32.2. The minimum atomic E-state index is -0.215. The summed E-state index contributed by atoms with van der Waals surface area (Å²) >= 11 is 1.63. The van der Waals surface area contributed by atoms with Gasteiger partial charge in [-0.1, -0.05) is 41.6 Å². The molecule has 0 aliphatic carbocycles. The van der Waals surface area contributed by atoms with Crippen LogP contribution in [0.3, 0.4) is 0 Å². The van der Waals surface area contributed by atoms with Gasteiger partial charge >= 0.3 is 0 Å². The smallest absolute Gasteiger partial charge is 0.123 e. The molecule has 3 nitrogen and oxygen atoms in total. The quantitative estimate of drug-likeness (QED) is 0.452. The van der Waals surface area contributed by atoms with E-state index in [1.807, 2.05) is 10.7 Å². The highest BCUT2D eigenvalue weighted by molar-refractivity contribution is 7.98. The maximum atomic E-state index is 13.1. The van der Waals surface area contributed by atoms with Crippen LogP contribution in [0.1, 0.15) is 16.7 Å². The van der Waals surface area contributed by atoms with Crippen molar-refractivity contribution in [1.29, 1.82) is 0 Å². The number of aromatic nitrogens is 3. The van der Waals surface area contributed by atoms with E-state index in [0.29, 0.717) is 0 Å². The Morgan fingerprint density at radius 2 is 1.85 bits per heavy atom. The molecular weight excluding hydrogens is 345 g/mol. The molecule has 0 saturated heterocycles. The van der Waals surface area contributed by atoms with Gasteiger partial charge in [-0.15, -0.1) is 0 Å². The van der Waals surface area contributed by atoms with Crippen molar-refractivity contribution in [1.82, 2.24) is 14.6 Å². The Balaban J connectivity index is 1.67. The van der Waals surface area contributed by atoms with Crippen LogP contribution >= 0.6 is 11.8 Å². The molecule has 26 heavy (non-hydrogen) atoms. The van der Waals surface area contributed by atoms with Crippen molar-refractivity contribution < 1.29 is 4.39 Å². The van der Waals surface area contributed by atoms with Gasteiger partial charge in [0.1, 0.15) is 10.8 Å². The van der Waals surface area contributed by atoms with Crippen molar-refractivity contribution in [2.24, 2.45) is 0 Å². The summed E-state index contributed by atoms with van der Waals surface area (Å²) in [7, 11) is 0. The van der Waals surface area contributed by atoms with Crippen molar-refractivity contribution in [3.8, 4) is 11.3 Å². The zero-order valence-electron chi connectivity index (χ0n) is 14.6. The lowest BCUT2D eigenvalue weighted by Crippen LogP contribution is -1.92. The number of thioether (sulfide) groups is 1. The third kappa shape index (κ3) is 3.35. The van der Waals surface area contributed by atoms with Crippen molar-refractivity contribution in [2.45, 2.75) is 24.6 Å². The van der Waals surface area contributed by atoms with Crippen molar-refractivity contribution in [3.63, 3.8) is 0 Å². The first-order valence-electron chi connectivity index (χ1n) is 8.39.